The van der Waals surface area contributed by atoms with Crippen molar-refractivity contribution in [3.8, 4) is 28.3 Å². The van der Waals surface area contributed by atoms with E-state index >= 15 is 0 Å². The topological polar surface area (TPSA) is 30.7 Å². The third-order valence-corrected chi connectivity index (χ3v) is 12.8. The molecule has 0 atom stereocenters. The Morgan fingerprint density at radius 3 is 1.84 bits per heavy atom. The second-order valence-electron chi connectivity index (χ2n) is 13.3. The van der Waals surface area contributed by atoms with Crippen LogP contribution in [0.5, 0.6) is 0 Å². The van der Waals surface area contributed by atoms with Crippen molar-refractivity contribution in [3.63, 3.8) is 0 Å². The van der Waals surface area contributed by atoms with Crippen LogP contribution in [0.4, 0.5) is 0 Å². The molecule has 51 heavy (non-hydrogen) atoms. The third kappa shape index (κ3) is 3.87. The fourth-order valence-electron chi connectivity index (χ4n) is 8.27. The highest BCUT2D eigenvalue weighted by molar-refractivity contribution is 7.26. The van der Waals surface area contributed by atoms with Gasteiger partial charge in [0.15, 0.2) is 5.82 Å². The van der Waals surface area contributed by atoms with Gasteiger partial charge in [-0.3, -0.25) is 0 Å². The van der Waals surface area contributed by atoms with Crippen LogP contribution >= 0.6 is 22.7 Å². The molecule has 0 aliphatic carbocycles. The van der Waals surface area contributed by atoms with Gasteiger partial charge in [-0.2, -0.15) is 0 Å². The normalized spacial score (nSPS) is 12.3. The monoisotopic (exact) mass is 683 g/mol. The maximum atomic E-state index is 5.22. The van der Waals surface area contributed by atoms with Crippen LogP contribution in [0.2, 0.25) is 0 Å². The summed E-state index contributed by atoms with van der Waals surface area (Å²) in [6.45, 7) is 0. The summed E-state index contributed by atoms with van der Waals surface area (Å²) >= 11 is 3.66. The zero-order chi connectivity index (χ0) is 33.2. The van der Waals surface area contributed by atoms with Gasteiger partial charge in [-0.1, -0.05) is 103 Å². The zero-order valence-corrected chi connectivity index (χ0v) is 28.7. The Hall–Kier alpha value is -6.14. The molecule has 0 N–H and O–H groups in total. The average molecular weight is 684 g/mol. The molecule has 8 aromatic carbocycles. The van der Waals surface area contributed by atoms with Crippen molar-refractivity contribution in [2.45, 2.75) is 0 Å². The van der Waals surface area contributed by atoms with Gasteiger partial charge in [0.05, 0.1) is 26.9 Å². The largest absolute Gasteiger partial charge is 0.309 e. The zero-order valence-electron chi connectivity index (χ0n) is 27.1. The Morgan fingerprint density at radius 2 is 1.08 bits per heavy atom. The van der Waals surface area contributed by atoms with Crippen LogP contribution in [0, 0.1) is 0 Å². The summed E-state index contributed by atoms with van der Waals surface area (Å²) in [7, 11) is 0. The first-order valence-corrected chi connectivity index (χ1v) is 18.8. The maximum Gasteiger partial charge on any atom is 0.160 e. The third-order valence-electron chi connectivity index (χ3n) is 10.5. The second kappa shape index (κ2) is 10.2. The van der Waals surface area contributed by atoms with Crippen LogP contribution in [-0.4, -0.2) is 14.5 Å². The highest BCUT2D eigenvalue weighted by Gasteiger charge is 2.21. The Morgan fingerprint density at radius 1 is 0.431 bits per heavy atom. The minimum Gasteiger partial charge on any atom is -0.309 e. The standard InChI is InChI=1S/C46H25N3S2/c1-2-8-28(9-3-1)43-45-44(33-12-4-5-13-36(33)51-45)48-46(47-43)31-17-16-30-25-32(21-18-29(30)24-31)49-34-22-19-26-10-6-14-37-39(26)41(34)42-35(49)23-20-27-11-7-15-38(50-37)40(27)42/h1-25H. The number of rotatable bonds is 3. The van der Waals surface area contributed by atoms with E-state index in [1.54, 1.807) is 11.3 Å². The minimum absolute atomic E-state index is 0.746. The summed E-state index contributed by atoms with van der Waals surface area (Å²) < 4.78 is 7.45. The Labute approximate surface area is 299 Å². The van der Waals surface area contributed by atoms with Gasteiger partial charge in [-0.15, -0.1) is 22.7 Å². The predicted octanol–water partition coefficient (Wildman–Crippen LogP) is 13.4. The van der Waals surface area contributed by atoms with Gasteiger partial charge >= 0.3 is 0 Å². The first-order chi connectivity index (χ1) is 25.3. The van der Waals surface area contributed by atoms with Crippen molar-refractivity contribution in [2.75, 3.05) is 0 Å². The quantitative estimate of drug-likeness (QED) is 0.186. The minimum atomic E-state index is 0.746. The van der Waals surface area contributed by atoms with Gasteiger partial charge < -0.3 is 4.57 Å². The first-order valence-electron chi connectivity index (χ1n) is 17.2. The van der Waals surface area contributed by atoms with Crippen LogP contribution in [-0.2, 0) is 0 Å². The summed E-state index contributed by atoms with van der Waals surface area (Å²) in [6.07, 6.45) is 0. The Balaban J connectivity index is 1.07. The number of hydrogen-bond donors (Lipinski definition) is 0. The fraction of sp³-hybridized carbons (Fsp3) is 0. The molecule has 236 valence electrons. The van der Waals surface area contributed by atoms with Crippen molar-refractivity contribution in [3.05, 3.63) is 152 Å². The van der Waals surface area contributed by atoms with E-state index in [9.17, 15) is 0 Å². The van der Waals surface area contributed by atoms with Crippen LogP contribution in [0.1, 0.15) is 0 Å². The fourth-order valence-corrected chi connectivity index (χ4v) is 10.6. The van der Waals surface area contributed by atoms with E-state index < -0.39 is 0 Å². The van der Waals surface area contributed by atoms with E-state index in [2.05, 4.69) is 156 Å². The van der Waals surface area contributed by atoms with Crippen molar-refractivity contribution in [2.24, 2.45) is 0 Å². The summed E-state index contributed by atoms with van der Waals surface area (Å²) in [6, 6.07) is 55.1. The predicted molar refractivity (Wildman–Crippen MR) is 219 cm³/mol. The molecule has 0 aliphatic heterocycles. The lowest BCUT2D eigenvalue weighted by Gasteiger charge is -2.12. The van der Waals surface area contributed by atoms with Crippen molar-refractivity contribution in [1.29, 1.82) is 0 Å². The first kappa shape index (κ1) is 27.7. The summed E-state index contributed by atoms with van der Waals surface area (Å²) in [5.41, 5.74) is 7.75. The van der Waals surface area contributed by atoms with E-state index in [-0.39, 0.29) is 0 Å². The molecule has 0 saturated carbocycles. The van der Waals surface area contributed by atoms with E-state index in [1.807, 2.05) is 11.3 Å². The lowest BCUT2D eigenvalue weighted by Crippen LogP contribution is -1.95. The molecule has 0 bridgehead atoms. The molecule has 12 aromatic rings. The second-order valence-corrected chi connectivity index (χ2v) is 15.5. The number of aromatic nitrogens is 3. The van der Waals surface area contributed by atoms with Gasteiger partial charge in [-0.25, -0.2) is 9.97 Å². The molecule has 0 aliphatic rings. The van der Waals surface area contributed by atoms with E-state index in [0.717, 1.165) is 43.9 Å². The Kier molecular flexibility index (Phi) is 5.53. The van der Waals surface area contributed by atoms with Crippen LogP contribution < -0.4 is 0 Å². The highest BCUT2D eigenvalue weighted by Crippen LogP contribution is 2.46. The maximum absolute atomic E-state index is 5.22. The van der Waals surface area contributed by atoms with Crippen molar-refractivity contribution in [1.82, 2.24) is 14.5 Å². The molecular weight excluding hydrogens is 659 g/mol. The number of fused-ring (bicyclic) bond motifs is 4. The van der Waals surface area contributed by atoms with Crippen molar-refractivity contribution >= 4 is 106 Å². The number of benzene rings is 8. The van der Waals surface area contributed by atoms with Gasteiger partial charge in [-0.05, 0) is 70.1 Å². The molecule has 4 heterocycles. The molecule has 12 rings (SSSR count). The Bertz CT molecular complexity index is 3260. The van der Waals surface area contributed by atoms with E-state index in [0.29, 0.717) is 0 Å². The number of nitrogens with zero attached hydrogens (tertiary/aromatic N) is 3. The number of hydrogen-bond acceptors (Lipinski definition) is 4. The smallest absolute Gasteiger partial charge is 0.160 e. The molecule has 5 heteroatoms. The number of thiophene rings is 1. The SMILES string of the molecule is c1ccc(-c2nc(-c3ccc4cc(-n5c6ccc7cccc8sc9cccc%10ccc5c(c%109)c6c78)ccc4c3)nc3c2sc2ccccc23)cc1. The van der Waals surface area contributed by atoms with Crippen LogP contribution in [0.25, 0.3) is 112 Å². The van der Waals surface area contributed by atoms with E-state index in [4.69, 9.17) is 9.97 Å². The van der Waals surface area contributed by atoms with Crippen LogP contribution in [0.3, 0.4) is 0 Å². The summed E-state index contributed by atoms with van der Waals surface area (Å²) in [5, 5.41) is 11.5. The molecule has 3 nitrogen and oxygen atoms in total. The molecule has 4 aromatic heterocycles. The van der Waals surface area contributed by atoms with Crippen LogP contribution in [0.15, 0.2) is 152 Å². The van der Waals surface area contributed by atoms with Gasteiger partial charge in [0.25, 0.3) is 0 Å². The van der Waals surface area contributed by atoms with Gasteiger partial charge in [0.2, 0.25) is 0 Å². The molecule has 0 saturated heterocycles. The highest BCUT2D eigenvalue weighted by atomic mass is 32.1. The molecule has 0 fully saturated rings. The molecule has 0 radical (unpaired) electrons. The van der Waals surface area contributed by atoms with E-state index in [1.165, 1.54) is 68.2 Å². The summed E-state index contributed by atoms with van der Waals surface area (Å²) in [5.74, 6) is 0.746. The average Bonchev–Trinajstić information content (AvgIpc) is 3.68. The van der Waals surface area contributed by atoms with Gasteiger partial charge in [0.1, 0.15) is 0 Å². The molecule has 0 amide bonds. The summed E-state index contributed by atoms with van der Waals surface area (Å²) in [4.78, 5) is 10.4. The lowest BCUT2D eigenvalue weighted by molar-refractivity contribution is 1.19. The molecular formula is C46H25N3S2. The lowest BCUT2D eigenvalue weighted by atomic mass is 10.00. The van der Waals surface area contributed by atoms with Crippen molar-refractivity contribution < 1.29 is 0 Å². The van der Waals surface area contributed by atoms with Gasteiger partial charge in [0, 0.05) is 57.8 Å². The molecule has 0 spiro atoms. The molecule has 0 unspecified atom stereocenters.